The summed E-state index contributed by atoms with van der Waals surface area (Å²) >= 11 is 0. The molecule has 4 rings (SSSR count). The maximum Gasteiger partial charge on any atom is 0.271 e. The summed E-state index contributed by atoms with van der Waals surface area (Å²) < 4.78 is 3.71. The highest BCUT2D eigenvalue weighted by Gasteiger charge is 2.14. The van der Waals surface area contributed by atoms with Gasteiger partial charge in [-0.05, 0) is 30.3 Å². The van der Waals surface area contributed by atoms with Crippen LogP contribution in [0.2, 0.25) is 0 Å². The lowest BCUT2D eigenvalue weighted by Crippen LogP contribution is -2.41. The van der Waals surface area contributed by atoms with Crippen molar-refractivity contribution < 1.29 is 9.59 Å². The van der Waals surface area contributed by atoms with Crippen LogP contribution >= 0.6 is 0 Å². The third-order valence-electron chi connectivity index (χ3n) is 4.36. The highest BCUT2D eigenvalue weighted by atomic mass is 16.2. The van der Waals surface area contributed by atoms with Gasteiger partial charge in [-0.3, -0.25) is 20.4 Å². The Balaban J connectivity index is 1.45. The van der Waals surface area contributed by atoms with E-state index in [2.05, 4.69) is 15.8 Å². The molecule has 7 nitrogen and oxygen atoms in total. The number of rotatable bonds is 3. The van der Waals surface area contributed by atoms with E-state index in [-0.39, 0.29) is 11.8 Å². The van der Waals surface area contributed by atoms with Gasteiger partial charge in [-0.1, -0.05) is 18.2 Å². The lowest BCUT2D eigenvalue weighted by molar-refractivity contribution is 0.0847. The van der Waals surface area contributed by atoms with Crippen molar-refractivity contribution in [1.82, 2.24) is 25.0 Å². The third kappa shape index (κ3) is 3.18. The maximum absolute atomic E-state index is 12.5. The quantitative estimate of drug-likeness (QED) is 0.551. The van der Waals surface area contributed by atoms with Gasteiger partial charge in [-0.25, -0.2) is 4.98 Å². The first-order valence-electron chi connectivity index (χ1n) is 8.36. The molecule has 4 aromatic rings. The standard InChI is InChI=1S/C20H17N5O2/c1-24-12-17(16-4-2-3-5-18(16)24)20(27)23-22-19(26)14-6-8-15(9-7-14)25-11-10-21-13-25/h2-13H,1H3,(H,22,26)(H,23,27). The molecule has 0 radical (unpaired) electrons. The van der Waals surface area contributed by atoms with Crippen LogP contribution in [-0.2, 0) is 7.05 Å². The fourth-order valence-electron chi connectivity index (χ4n) is 2.97. The average Bonchev–Trinajstić information content (AvgIpc) is 3.35. The molecule has 0 aliphatic rings. The Morgan fingerprint density at radius 3 is 2.44 bits per heavy atom. The molecule has 2 aromatic heterocycles. The van der Waals surface area contributed by atoms with Crippen LogP contribution in [0.15, 0.2) is 73.4 Å². The third-order valence-corrected chi connectivity index (χ3v) is 4.36. The van der Waals surface area contributed by atoms with Gasteiger partial charge in [0.25, 0.3) is 11.8 Å². The van der Waals surface area contributed by atoms with Crippen molar-refractivity contribution in [2.75, 3.05) is 0 Å². The summed E-state index contributed by atoms with van der Waals surface area (Å²) in [6, 6.07) is 14.6. The summed E-state index contributed by atoms with van der Waals surface area (Å²) in [5.41, 5.74) is 7.72. The molecule has 0 aliphatic carbocycles. The number of benzene rings is 2. The Kier molecular flexibility index (Phi) is 4.18. The second-order valence-electron chi connectivity index (χ2n) is 6.10. The molecule has 7 heteroatoms. The van der Waals surface area contributed by atoms with Gasteiger partial charge in [0.15, 0.2) is 0 Å². The molecule has 0 unspecified atom stereocenters. The van der Waals surface area contributed by atoms with Crippen LogP contribution in [0.25, 0.3) is 16.6 Å². The molecule has 2 aromatic carbocycles. The topological polar surface area (TPSA) is 81.0 Å². The molecular weight excluding hydrogens is 342 g/mol. The number of para-hydroxylation sites is 1. The van der Waals surface area contributed by atoms with Gasteiger partial charge in [0.1, 0.15) is 0 Å². The Bertz CT molecular complexity index is 1110. The highest BCUT2D eigenvalue weighted by Crippen LogP contribution is 2.19. The molecule has 0 saturated carbocycles. The number of carbonyl (C=O) groups excluding carboxylic acids is 2. The van der Waals surface area contributed by atoms with E-state index >= 15 is 0 Å². The number of amides is 2. The Morgan fingerprint density at radius 2 is 1.70 bits per heavy atom. The van der Waals surface area contributed by atoms with Crippen LogP contribution in [0.4, 0.5) is 0 Å². The SMILES string of the molecule is Cn1cc(C(=O)NNC(=O)c2ccc(-n3ccnc3)cc2)c2ccccc21. The number of hydrogen-bond donors (Lipinski definition) is 2. The average molecular weight is 359 g/mol. The lowest BCUT2D eigenvalue weighted by atomic mass is 10.1. The summed E-state index contributed by atoms with van der Waals surface area (Å²) in [5.74, 6) is -0.754. The van der Waals surface area contributed by atoms with Crippen molar-refractivity contribution in [3.05, 3.63) is 84.6 Å². The van der Waals surface area contributed by atoms with Crippen molar-refractivity contribution in [2.45, 2.75) is 0 Å². The minimum atomic E-state index is -0.388. The van der Waals surface area contributed by atoms with Gasteiger partial charge in [0.05, 0.1) is 11.9 Å². The summed E-state index contributed by atoms with van der Waals surface area (Å²) in [4.78, 5) is 28.8. The van der Waals surface area contributed by atoms with Gasteiger partial charge >= 0.3 is 0 Å². The zero-order chi connectivity index (χ0) is 18.8. The fraction of sp³-hybridized carbons (Fsp3) is 0.0500. The van der Waals surface area contributed by atoms with E-state index in [4.69, 9.17) is 0 Å². The molecule has 27 heavy (non-hydrogen) atoms. The number of imidazole rings is 1. The van der Waals surface area contributed by atoms with Crippen molar-refractivity contribution in [2.24, 2.45) is 7.05 Å². The van der Waals surface area contributed by atoms with E-state index in [0.717, 1.165) is 16.6 Å². The molecule has 2 heterocycles. The molecule has 2 amide bonds. The van der Waals surface area contributed by atoms with Gasteiger partial charge in [0, 0.05) is 47.8 Å². The molecule has 0 bridgehead atoms. The first-order valence-corrected chi connectivity index (χ1v) is 8.36. The van der Waals surface area contributed by atoms with Crippen LogP contribution in [0.3, 0.4) is 0 Å². The monoisotopic (exact) mass is 359 g/mol. The predicted molar refractivity (Wildman–Crippen MR) is 101 cm³/mol. The summed E-state index contributed by atoms with van der Waals surface area (Å²) in [7, 11) is 1.87. The van der Waals surface area contributed by atoms with Gasteiger partial charge < -0.3 is 9.13 Å². The summed E-state index contributed by atoms with van der Waals surface area (Å²) in [5, 5.41) is 0.830. The molecule has 2 N–H and O–H groups in total. The van der Waals surface area contributed by atoms with Crippen LogP contribution < -0.4 is 10.9 Å². The number of aromatic nitrogens is 3. The maximum atomic E-state index is 12.5. The minimum Gasteiger partial charge on any atom is -0.350 e. The van der Waals surface area contributed by atoms with Gasteiger partial charge in [-0.2, -0.15) is 0 Å². The number of nitrogens with one attached hydrogen (secondary N) is 2. The number of aryl methyl sites for hydroxylation is 1. The largest absolute Gasteiger partial charge is 0.350 e. The number of carbonyl (C=O) groups is 2. The zero-order valence-electron chi connectivity index (χ0n) is 14.6. The fourth-order valence-corrected chi connectivity index (χ4v) is 2.97. The van der Waals surface area contributed by atoms with Crippen molar-refractivity contribution in [3.8, 4) is 5.69 Å². The summed E-state index contributed by atoms with van der Waals surface area (Å²) in [6.07, 6.45) is 6.93. The normalized spacial score (nSPS) is 10.7. The number of hydrogen-bond acceptors (Lipinski definition) is 3. The Labute approximate surface area is 155 Å². The molecule has 0 saturated heterocycles. The van der Waals surface area contributed by atoms with Crippen LogP contribution in [0.1, 0.15) is 20.7 Å². The van der Waals surface area contributed by atoms with E-state index in [1.807, 2.05) is 58.8 Å². The molecule has 0 spiro atoms. The number of hydrazine groups is 1. The minimum absolute atomic E-state index is 0.366. The van der Waals surface area contributed by atoms with Gasteiger partial charge in [0.2, 0.25) is 0 Å². The molecule has 134 valence electrons. The van der Waals surface area contributed by atoms with E-state index in [1.165, 1.54) is 0 Å². The number of fused-ring (bicyclic) bond motifs is 1. The van der Waals surface area contributed by atoms with Gasteiger partial charge in [-0.15, -0.1) is 0 Å². The summed E-state index contributed by atoms with van der Waals surface area (Å²) in [6.45, 7) is 0. The number of nitrogens with zero attached hydrogens (tertiary/aromatic N) is 3. The zero-order valence-corrected chi connectivity index (χ0v) is 14.6. The van der Waals surface area contributed by atoms with Crippen LogP contribution in [0.5, 0.6) is 0 Å². The molecule has 0 aliphatic heterocycles. The molecular formula is C20H17N5O2. The van der Waals surface area contributed by atoms with E-state index in [1.54, 1.807) is 30.9 Å². The lowest BCUT2D eigenvalue weighted by Gasteiger charge is -2.08. The molecule has 0 atom stereocenters. The first kappa shape index (κ1) is 16.6. The van der Waals surface area contributed by atoms with E-state index < -0.39 is 0 Å². The Morgan fingerprint density at radius 1 is 0.963 bits per heavy atom. The van der Waals surface area contributed by atoms with Crippen molar-refractivity contribution >= 4 is 22.7 Å². The Hall–Kier alpha value is -3.87. The second kappa shape index (κ2) is 6.80. The van der Waals surface area contributed by atoms with Crippen molar-refractivity contribution in [3.63, 3.8) is 0 Å². The van der Waals surface area contributed by atoms with Crippen LogP contribution in [-0.4, -0.2) is 25.9 Å². The predicted octanol–water partition coefficient (Wildman–Crippen LogP) is 2.44. The molecule has 0 fully saturated rings. The second-order valence-corrected chi connectivity index (χ2v) is 6.10. The van der Waals surface area contributed by atoms with E-state index in [0.29, 0.717) is 11.1 Å². The smallest absolute Gasteiger partial charge is 0.271 e. The first-order chi connectivity index (χ1) is 13.1. The van der Waals surface area contributed by atoms with Crippen molar-refractivity contribution in [1.29, 1.82) is 0 Å². The van der Waals surface area contributed by atoms with Crippen LogP contribution in [0, 0.1) is 0 Å². The van der Waals surface area contributed by atoms with E-state index in [9.17, 15) is 9.59 Å². The highest BCUT2D eigenvalue weighted by molar-refractivity contribution is 6.08.